The molecule has 1 aliphatic heterocycles. The van der Waals surface area contributed by atoms with Crippen molar-refractivity contribution >= 4 is 50.1 Å². The van der Waals surface area contributed by atoms with E-state index in [1.807, 2.05) is 73.7 Å². The van der Waals surface area contributed by atoms with Gasteiger partial charge in [0.25, 0.3) is 5.91 Å². The molecule has 0 fully saturated rings. The van der Waals surface area contributed by atoms with Gasteiger partial charge in [0.2, 0.25) is 0 Å². The molecule has 5 rings (SSSR count). The third-order valence-electron chi connectivity index (χ3n) is 5.54. The van der Waals surface area contributed by atoms with Crippen LogP contribution in [0.1, 0.15) is 18.1 Å². The summed E-state index contributed by atoms with van der Waals surface area (Å²) in [5, 5.41) is 8.29. The number of ether oxygens (including phenoxy) is 1. The largest absolute Gasteiger partial charge is 0.488 e. The highest BCUT2D eigenvalue weighted by Gasteiger charge is 2.28. The van der Waals surface area contributed by atoms with E-state index in [9.17, 15) is 4.79 Å². The Balaban J connectivity index is 1.32. The Morgan fingerprint density at radius 1 is 0.909 bits per heavy atom. The summed E-state index contributed by atoms with van der Waals surface area (Å²) in [5.74, 6) is 0.616. The van der Waals surface area contributed by atoms with E-state index < -0.39 is 0 Å². The summed E-state index contributed by atoms with van der Waals surface area (Å²) < 4.78 is 6.88. The molecule has 4 aromatic rings. The van der Waals surface area contributed by atoms with Crippen molar-refractivity contribution in [3.8, 4) is 5.75 Å². The fourth-order valence-corrected chi connectivity index (χ4v) is 4.32. The van der Waals surface area contributed by atoms with E-state index >= 15 is 0 Å². The average molecular weight is 497 g/mol. The lowest BCUT2D eigenvalue weighted by atomic mass is 10.1. The molecule has 0 atom stereocenters. The lowest BCUT2D eigenvalue weighted by Gasteiger charge is -2.11. The molecule has 0 bridgehead atoms. The zero-order valence-electron chi connectivity index (χ0n) is 18.0. The van der Waals surface area contributed by atoms with Crippen LogP contribution in [0.4, 0.5) is 5.69 Å². The normalized spacial score (nSPS) is 14.7. The van der Waals surface area contributed by atoms with E-state index in [2.05, 4.69) is 51.4 Å². The van der Waals surface area contributed by atoms with Crippen LogP contribution in [0, 0.1) is 0 Å². The Hall–Kier alpha value is -3.70. The number of rotatable bonds is 5. The molecule has 4 nitrogen and oxygen atoms in total. The third kappa shape index (κ3) is 4.45. The molecule has 1 heterocycles. The van der Waals surface area contributed by atoms with Gasteiger partial charge in [0.15, 0.2) is 0 Å². The van der Waals surface area contributed by atoms with Gasteiger partial charge in [0, 0.05) is 0 Å². The topological polar surface area (TPSA) is 41.9 Å². The highest BCUT2D eigenvalue weighted by molar-refractivity contribution is 9.10. The van der Waals surface area contributed by atoms with Gasteiger partial charge in [0.1, 0.15) is 12.4 Å². The van der Waals surface area contributed by atoms with Crippen molar-refractivity contribution < 1.29 is 9.53 Å². The highest BCUT2D eigenvalue weighted by atomic mass is 79.9. The van der Waals surface area contributed by atoms with E-state index in [0.717, 1.165) is 27.0 Å². The number of carbonyl (C=O) groups excluding carboxylic acids is 1. The third-order valence-corrected chi connectivity index (χ3v) is 6.16. The van der Waals surface area contributed by atoms with Crippen LogP contribution < -0.4 is 9.75 Å². The summed E-state index contributed by atoms with van der Waals surface area (Å²) in [6.45, 7) is 2.32. The molecule has 5 heteroatoms. The van der Waals surface area contributed by atoms with Gasteiger partial charge >= 0.3 is 0 Å². The lowest BCUT2D eigenvalue weighted by Crippen LogP contribution is -2.21. The molecule has 0 saturated heterocycles. The first-order chi connectivity index (χ1) is 16.1. The van der Waals surface area contributed by atoms with Crippen LogP contribution in [0.3, 0.4) is 0 Å². The van der Waals surface area contributed by atoms with E-state index in [4.69, 9.17) is 4.74 Å². The molecule has 0 unspecified atom stereocenters. The van der Waals surface area contributed by atoms with Crippen molar-refractivity contribution in [1.82, 2.24) is 0 Å². The quantitative estimate of drug-likeness (QED) is 0.279. The van der Waals surface area contributed by atoms with Crippen molar-refractivity contribution in [3.63, 3.8) is 0 Å². The van der Waals surface area contributed by atoms with Crippen molar-refractivity contribution in [2.75, 3.05) is 5.01 Å². The lowest BCUT2D eigenvalue weighted by molar-refractivity contribution is -0.114. The molecule has 0 aliphatic carbocycles. The first-order valence-corrected chi connectivity index (χ1v) is 11.4. The second kappa shape index (κ2) is 9.04. The molecule has 0 saturated carbocycles. The fraction of sp³-hybridized carbons (Fsp3) is 0.0714. The second-order valence-corrected chi connectivity index (χ2v) is 8.71. The molecule has 0 aromatic heterocycles. The Labute approximate surface area is 200 Å². The van der Waals surface area contributed by atoms with Gasteiger partial charge in [-0.1, -0.05) is 60.7 Å². The molecule has 0 N–H and O–H groups in total. The van der Waals surface area contributed by atoms with Crippen molar-refractivity contribution in [2.45, 2.75) is 13.5 Å². The van der Waals surface area contributed by atoms with E-state index in [1.54, 1.807) is 0 Å². The number of para-hydroxylation sites is 1. The number of nitrogens with zero attached hydrogens (tertiary/aromatic N) is 2. The number of anilines is 1. The maximum absolute atomic E-state index is 12.9. The zero-order valence-corrected chi connectivity index (χ0v) is 19.6. The predicted molar refractivity (Wildman–Crippen MR) is 137 cm³/mol. The number of hydrogen-bond acceptors (Lipinski definition) is 3. The summed E-state index contributed by atoms with van der Waals surface area (Å²) in [4.78, 5) is 12.9. The number of hydrazone groups is 1. The first kappa shape index (κ1) is 21.2. The number of halogens is 1. The van der Waals surface area contributed by atoms with Gasteiger partial charge in [-0.05, 0) is 81.2 Å². The minimum Gasteiger partial charge on any atom is -0.488 e. The fourth-order valence-electron chi connectivity index (χ4n) is 3.81. The number of fused-ring (bicyclic) bond motifs is 1. The average Bonchev–Trinajstić information content (AvgIpc) is 3.12. The van der Waals surface area contributed by atoms with Crippen LogP contribution in [0.2, 0.25) is 0 Å². The predicted octanol–water partition coefficient (Wildman–Crippen LogP) is 6.99. The van der Waals surface area contributed by atoms with E-state index in [-0.39, 0.29) is 5.91 Å². The summed E-state index contributed by atoms with van der Waals surface area (Å²) in [5.41, 5.74) is 4.03. The van der Waals surface area contributed by atoms with Gasteiger partial charge in [0.05, 0.1) is 21.4 Å². The maximum Gasteiger partial charge on any atom is 0.280 e. The van der Waals surface area contributed by atoms with Gasteiger partial charge < -0.3 is 4.74 Å². The Bertz CT molecular complexity index is 1410. The Kier molecular flexibility index (Phi) is 5.80. The molecule has 1 amide bonds. The molecule has 162 valence electrons. The summed E-state index contributed by atoms with van der Waals surface area (Å²) in [7, 11) is 0. The first-order valence-electron chi connectivity index (χ1n) is 10.7. The van der Waals surface area contributed by atoms with Crippen LogP contribution in [-0.2, 0) is 11.4 Å². The molecule has 33 heavy (non-hydrogen) atoms. The monoisotopic (exact) mass is 496 g/mol. The van der Waals surface area contributed by atoms with Crippen LogP contribution in [0.15, 0.2) is 106 Å². The second-order valence-electron chi connectivity index (χ2n) is 7.86. The number of benzene rings is 4. The molecule has 0 spiro atoms. The van der Waals surface area contributed by atoms with Crippen LogP contribution >= 0.6 is 15.9 Å². The van der Waals surface area contributed by atoms with E-state index in [0.29, 0.717) is 17.9 Å². The molecular formula is C28H21BrN2O2. The summed E-state index contributed by atoms with van der Waals surface area (Å²) in [6.07, 6.45) is 1.86. The van der Waals surface area contributed by atoms with Crippen molar-refractivity contribution in [2.24, 2.45) is 5.10 Å². The standard InChI is InChI=1S/C28H21BrN2O2/c1-19-25(28(32)31(30-19)24-9-3-2-4-10-24)16-20-12-14-27(26(29)17-20)33-18-21-11-13-22-7-5-6-8-23(22)15-21/h2-17H,18H2,1H3/b25-16+. The number of hydrogen-bond donors (Lipinski definition) is 0. The minimum atomic E-state index is -0.133. The number of amides is 1. The van der Waals surface area contributed by atoms with Crippen molar-refractivity contribution in [1.29, 1.82) is 0 Å². The number of carbonyl (C=O) groups is 1. The van der Waals surface area contributed by atoms with Gasteiger partial charge in [-0.15, -0.1) is 0 Å². The minimum absolute atomic E-state index is 0.133. The molecule has 1 aliphatic rings. The molecular weight excluding hydrogens is 476 g/mol. The van der Waals surface area contributed by atoms with Crippen LogP contribution in [0.5, 0.6) is 5.75 Å². The molecule has 4 aromatic carbocycles. The maximum atomic E-state index is 12.9. The van der Waals surface area contributed by atoms with Gasteiger partial charge in [-0.2, -0.15) is 10.1 Å². The Morgan fingerprint density at radius 2 is 1.67 bits per heavy atom. The van der Waals surface area contributed by atoms with Gasteiger partial charge in [-0.3, -0.25) is 4.79 Å². The van der Waals surface area contributed by atoms with E-state index in [1.165, 1.54) is 15.8 Å². The van der Waals surface area contributed by atoms with Crippen LogP contribution in [0.25, 0.3) is 16.8 Å². The Morgan fingerprint density at radius 3 is 2.45 bits per heavy atom. The van der Waals surface area contributed by atoms with Crippen LogP contribution in [-0.4, -0.2) is 11.6 Å². The zero-order chi connectivity index (χ0) is 22.8. The molecule has 0 radical (unpaired) electrons. The van der Waals surface area contributed by atoms with Gasteiger partial charge in [-0.25, -0.2) is 0 Å². The highest BCUT2D eigenvalue weighted by Crippen LogP contribution is 2.30. The summed E-state index contributed by atoms with van der Waals surface area (Å²) in [6, 6.07) is 29.9. The summed E-state index contributed by atoms with van der Waals surface area (Å²) >= 11 is 3.61. The SMILES string of the molecule is CC1=NN(c2ccccc2)C(=O)/C1=C/c1ccc(OCc2ccc3ccccc3c2)c(Br)c1. The van der Waals surface area contributed by atoms with Crippen molar-refractivity contribution in [3.05, 3.63) is 112 Å². The smallest absolute Gasteiger partial charge is 0.280 e.